The zero-order chi connectivity index (χ0) is 14.7. The summed E-state index contributed by atoms with van der Waals surface area (Å²) in [6, 6.07) is 0. The van der Waals surface area contributed by atoms with E-state index in [1.807, 2.05) is 0 Å². The molecule has 0 amide bonds. The van der Waals surface area contributed by atoms with Gasteiger partial charge in [-0.3, -0.25) is 0 Å². The molecule has 5 nitrogen and oxygen atoms in total. The van der Waals surface area contributed by atoms with Crippen molar-refractivity contribution < 1.29 is 20.5 Å². The minimum absolute atomic E-state index is 0.239. The van der Waals surface area contributed by atoms with Gasteiger partial charge in [0.1, 0.15) is 0 Å². The molecule has 0 aliphatic rings. The minimum atomic E-state index is -4.01. The van der Waals surface area contributed by atoms with E-state index in [-0.39, 0.29) is 6.61 Å². The zero-order valence-corrected chi connectivity index (χ0v) is 14.6. The van der Waals surface area contributed by atoms with Gasteiger partial charge in [-0.1, -0.05) is 0 Å². The van der Waals surface area contributed by atoms with Crippen molar-refractivity contribution in [1.82, 2.24) is 0 Å². The van der Waals surface area contributed by atoms with Crippen molar-refractivity contribution >= 4 is 35.5 Å². The van der Waals surface area contributed by atoms with E-state index in [0.717, 1.165) is 26.2 Å². The van der Waals surface area contributed by atoms with Crippen LogP contribution >= 0.6 is 0 Å². The van der Waals surface area contributed by atoms with Gasteiger partial charge in [0, 0.05) is 0 Å². The fraction of sp³-hybridized carbons (Fsp3) is 0.769. The summed E-state index contributed by atoms with van der Waals surface area (Å²) in [6.45, 7) is 3.39. The molecule has 0 radical (unpaired) electrons. The fourth-order valence-electron chi connectivity index (χ4n) is 1.54. The molecule has 0 fully saturated rings. The Morgan fingerprint density at radius 3 is 2.00 bits per heavy atom. The van der Waals surface area contributed by atoms with Gasteiger partial charge in [-0.2, -0.15) is 0 Å². The van der Waals surface area contributed by atoms with Crippen molar-refractivity contribution in [2.75, 3.05) is 6.61 Å². The van der Waals surface area contributed by atoms with Crippen molar-refractivity contribution in [2.24, 2.45) is 0 Å². The molecule has 0 heterocycles. The topological polar surface area (TPSA) is 77.5 Å². The summed E-state index contributed by atoms with van der Waals surface area (Å²) in [6.07, 6.45) is 7.66. The fourth-order valence-corrected chi connectivity index (χ4v) is 3.89. The Bertz CT molecular complexity index is 338. The van der Waals surface area contributed by atoms with Crippen molar-refractivity contribution in [3.63, 3.8) is 0 Å². The third-order valence-electron chi connectivity index (χ3n) is 2.69. The van der Waals surface area contributed by atoms with Crippen LogP contribution in [0.2, 0.25) is 0 Å². The number of Topliss-reactive ketones (excluding diaryl/α,β-unsaturated/α-hetero) is 2. The van der Waals surface area contributed by atoms with Gasteiger partial charge in [-0.05, 0) is 0 Å². The first-order valence-corrected chi connectivity index (χ1v) is 10.5. The van der Waals surface area contributed by atoms with Gasteiger partial charge in [0.05, 0.1) is 0 Å². The van der Waals surface area contributed by atoms with Crippen LogP contribution in [-0.4, -0.2) is 42.1 Å². The molecule has 0 bridgehead atoms. The summed E-state index contributed by atoms with van der Waals surface area (Å²) in [7, 11) is 0. The first-order chi connectivity index (χ1) is 9.00. The molecule has 0 N–H and O–H groups in total. The van der Waals surface area contributed by atoms with E-state index in [4.69, 9.17) is 3.07 Å². The van der Waals surface area contributed by atoms with Crippen molar-refractivity contribution in [1.29, 1.82) is 0 Å². The monoisotopic (exact) mass is 378 g/mol. The molecule has 0 spiro atoms. The van der Waals surface area contributed by atoms with Crippen LogP contribution in [0.15, 0.2) is 0 Å². The van der Waals surface area contributed by atoms with Gasteiger partial charge in [0.25, 0.3) is 0 Å². The number of ketones is 2. The van der Waals surface area contributed by atoms with Crippen LogP contribution in [0.1, 0.15) is 58.8 Å². The van der Waals surface area contributed by atoms with Crippen LogP contribution < -0.4 is 0 Å². The van der Waals surface area contributed by atoms with Gasteiger partial charge < -0.3 is 0 Å². The summed E-state index contributed by atoms with van der Waals surface area (Å²) >= 11 is -4.01. The van der Waals surface area contributed by atoms with E-state index < -0.39 is 35.5 Å². The standard InChI is InChI=1S/C9H19O.C4H3O3.O.Sn/c1-2-3-4-5-6-7-8-9-10;1-3(6)4(7)2-5;;/h2-9H2,1H3;1H3;;/q-1;;;+1. The molecule has 0 aromatic carbocycles. The van der Waals surface area contributed by atoms with E-state index >= 15 is 0 Å². The van der Waals surface area contributed by atoms with Crippen LogP contribution in [0.5, 0.6) is 0 Å². The molecule has 0 atom stereocenters. The second kappa shape index (κ2) is 11.4. The normalized spacial score (nSPS) is 10.2. The molecule has 0 aromatic rings. The number of hydrogen-bond donors (Lipinski definition) is 0. The van der Waals surface area contributed by atoms with Crippen LogP contribution in [0.3, 0.4) is 0 Å². The molecule has 0 unspecified atom stereocenters. The van der Waals surface area contributed by atoms with Crippen LogP contribution in [0.4, 0.5) is 0 Å². The van der Waals surface area contributed by atoms with Crippen molar-refractivity contribution in [3.8, 4) is 0 Å². The second-order valence-corrected chi connectivity index (χ2v) is 8.23. The van der Waals surface area contributed by atoms with Crippen LogP contribution in [0.25, 0.3) is 0 Å². The molecule has 0 saturated carbocycles. The number of unbranched alkanes of at least 4 members (excludes halogenated alkanes) is 6. The molecule has 0 rings (SSSR count). The Balaban J connectivity index is 3.61. The zero-order valence-electron chi connectivity index (χ0n) is 11.7. The number of rotatable bonds is 12. The Labute approximate surface area is 121 Å². The second-order valence-electron chi connectivity index (χ2n) is 4.47. The summed E-state index contributed by atoms with van der Waals surface area (Å²) in [4.78, 5) is 32.8. The van der Waals surface area contributed by atoms with E-state index in [9.17, 15) is 17.5 Å². The predicted octanol–water partition coefficient (Wildman–Crippen LogP) is 1.94. The van der Waals surface area contributed by atoms with Gasteiger partial charge >= 0.3 is 121 Å². The van der Waals surface area contributed by atoms with E-state index in [2.05, 4.69) is 6.92 Å². The van der Waals surface area contributed by atoms with Gasteiger partial charge in [0.15, 0.2) is 0 Å². The molecule has 6 heteroatoms. The summed E-state index contributed by atoms with van der Waals surface area (Å²) in [5, 5.41) is 0. The Morgan fingerprint density at radius 1 is 0.947 bits per heavy atom. The van der Waals surface area contributed by atoms with E-state index in [1.165, 1.54) is 25.7 Å². The van der Waals surface area contributed by atoms with Crippen LogP contribution in [0, 0.1) is 0 Å². The van der Waals surface area contributed by atoms with E-state index in [0.29, 0.717) is 0 Å². The van der Waals surface area contributed by atoms with Crippen molar-refractivity contribution in [3.05, 3.63) is 0 Å². The van der Waals surface area contributed by atoms with Crippen LogP contribution in [-0.2, 0) is 20.5 Å². The van der Waals surface area contributed by atoms with E-state index in [1.54, 1.807) is 0 Å². The average molecular weight is 377 g/mol. The van der Waals surface area contributed by atoms with Gasteiger partial charge in [-0.15, -0.1) is 0 Å². The maximum atomic E-state index is 11.4. The third-order valence-corrected chi connectivity index (χ3v) is 5.73. The molecular formula is C13H22O5Sn. The SMILES string of the molecule is CCCCCCCCC[O][Sn](=[O])[C](=O)C(=O)C(C)=O. The Morgan fingerprint density at radius 2 is 1.47 bits per heavy atom. The summed E-state index contributed by atoms with van der Waals surface area (Å²) < 4.78 is 15.2. The average Bonchev–Trinajstić information content (AvgIpc) is 2.39. The van der Waals surface area contributed by atoms with Gasteiger partial charge in [0.2, 0.25) is 0 Å². The molecular weight excluding hydrogens is 355 g/mol. The van der Waals surface area contributed by atoms with Crippen molar-refractivity contribution in [2.45, 2.75) is 58.8 Å². The summed E-state index contributed by atoms with van der Waals surface area (Å²) in [5.41, 5.74) is 0. The first kappa shape index (κ1) is 18.6. The molecule has 0 aliphatic carbocycles. The van der Waals surface area contributed by atoms with Gasteiger partial charge in [-0.25, -0.2) is 0 Å². The molecule has 19 heavy (non-hydrogen) atoms. The molecule has 108 valence electrons. The molecule has 0 saturated heterocycles. The molecule has 0 aromatic heterocycles. The predicted molar refractivity (Wildman–Crippen MR) is 71.1 cm³/mol. The Hall–Kier alpha value is -0.431. The quantitative estimate of drug-likeness (QED) is 0.225. The number of hydrogen-bond acceptors (Lipinski definition) is 5. The number of carbonyl (C=O) groups is 3. The number of carbonyl (C=O) groups excluding carboxylic acids is 3. The maximum absolute atomic E-state index is 11.4. The Kier molecular flexibility index (Phi) is 11.1. The summed E-state index contributed by atoms with van der Waals surface area (Å²) in [5.74, 6) is -2.07. The first-order valence-electron chi connectivity index (χ1n) is 6.77. The molecule has 0 aliphatic heterocycles. The third kappa shape index (κ3) is 9.15.